The maximum atomic E-state index is 13.5. The van der Waals surface area contributed by atoms with Gasteiger partial charge in [0.15, 0.2) is 0 Å². The normalized spacial score (nSPS) is 15.8. The van der Waals surface area contributed by atoms with Crippen LogP contribution in [0.5, 0.6) is 0 Å². The molecule has 0 saturated carbocycles. The Bertz CT molecular complexity index is 834. The summed E-state index contributed by atoms with van der Waals surface area (Å²) in [5, 5.41) is 2.05. The van der Waals surface area contributed by atoms with Gasteiger partial charge in [-0.3, -0.25) is 9.59 Å². The second kappa shape index (κ2) is 10.0. The quantitative estimate of drug-likeness (QED) is 0.621. The average Bonchev–Trinajstić information content (AvgIpc) is 3.20. The number of thiophene rings is 1. The first kappa shape index (κ1) is 21.5. The van der Waals surface area contributed by atoms with E-state index < -0.39 is 0 Å². The molecule has 0 fully saturated rings. The molecule has 156 valence electrons. The van der Waals surface area contributed by atoms with Crippen LogP contribution in [0.2, 0.25) is 0 Å². The Morgan fingerprint density at radius 3 is 2.62 bits per heavy atom. The number of halogens is 1. The van der Waals surface area contributed by atoms with Gasteiger partial charge in [0.05, 0.1) is 12.6 Å². The zero-order chi connectivity index (χ0) is 20.8. The van der Waals surface area contributed by atoms with Crippen LogP contribution in [0.1, 0.15) is 61.6 Å². The maximum Gasteiger partial charge on any atom is 0.242 e. The SMILES string of the molecule is CCCCC(=O)N(CCC)CC(=O)N1CCc2sccc2[C@H]1c1ccc(F)cc1. The molecule has 1 aliphatic rings. The minimum Gasteiger partial charge on any atom is -0.333 e. The van der Waals surface area contributed by atoms with Crippen molar-refractivity contribution in [2.75, 3.05) is 19.6 Å². The van der Waals surface area contributed by atoms with E-state index in [0.717, 1.165) is 36.8 Å². The lowest BCUT2D eigenvalue weighted by Crippen LogP contribution is -2.47. The Morgan fingerprint density at radius 1 is 1.17 bits per heavy atom. The van der Waals surface area contributed by atoms with Crippen LogP contribution in [0.3, 0.4) is 0 Å². The van der Waals surface area contributed by atoms with Crippen LogP contribution in [-0.2, 0) is 16.0 Å². The van der Waals surface area contributed by atoms with Gasteiger partial charge in [-0.1, -0.05) is 32.4 Å². The van der Waals surface area contributed by atoms with Crippen LogP contribution in [0.4, 0.5) is 4.39 Å². The summed E-state index contributed by atoms with van der Waals surface area (Å²) in [6, 6.07) is 8.22. The highest BCUT2D eigenvalue weighted by Gasteiger charge is 2.33. The summed E-state index contributed by atoms with van der Waals surface area (Å²) in [5.41, 5.74) is 2.01. The summed E-state index contributed by atoms with van der Waals surface area (Å²) in [7, 11) is 0. The number of fused-ring (bicyclic) bond motifs is 1. The lowest BCUT2D eigenvalue weighted by atomic mass is 9.93. The summed E-state index contributed by atoms with van der Waals surface area (Å²) in [4.78, 5) is 30.7. The Morgan fingerprint density at radius 2 is 1.93 bits per heavy atom. The molecule has 4 nitrogen and oxygen atoms in total. The molecule has 0 aliphatic carbocycles. The highest BCUT2D eigenvalue weighted by molar-refractivity contribution is 7.10. The zero-order valence-corrected chi connectivity index (χ0v) is 18.0. The van der Waals surface area contributed by atoms with Gasteiger partial charge >= 0.3 is 0 Å². The fourth-order valence-electron chi connectivity index (χ4n) is 3.89. The summed E-state index contributed by atoms with van der Waals surface area (Å²) >= 11 is 1.70. The number of amides is 2. The van der Waals surface area contributed by atoms with Crippen molar-refractivity contribution in [1.82, 2.24) is 9.80 Å². The van der Waals surface area contributed by atoms with Gasteiger partial charge < -0.3 is 9.80 Å². The molecule has 0 spiro atoms. The van der Waals surface area contributed by atoms with E-state index in [4.69, 9.17) is 0 Å². The average molecular weight is 417 g/mol. The fourth-order valence-corrected chi connectivity index (χ4v) is 4.80. The van der Waals surface area contributed by atoms with Crippen LogP contribution in [-0.4, -0.2) is 41.2 Å². The molecule has 2 amide bonds. The van der Waals surface area contributed by atoms with Crippen molar-refractivity contribution in [2.45, 2.75) is 52.0 Å². The lowest BCUT2D eigenvalue weighted by Gasteiger charge is -2.37. The van der Waals surface area contributed by atoms with Crippen molar-refractivity contribution < 1.29 is 14.0 Å². The molecule has 2 aromatic rings. The van der Waals surface area contributed by atoms with Gasteiger partial charge in [-0.05, 0) is 54.0 Å². The van der Waals surface area contributed by atoms with E-state index >= 15 is 0 Å². The monoisotopic (exact) mass is 416 g/mol. The molecule has 6 heteroatoms. The highest BCUT2D eigenvalue weighted by Crippen LogP contribution is 2.37. The van der Waals surface area contributed by atoms with Crippen LogP contribution in [0, 0.1) is 5.82 Å². The van der Waals surface area contributed by atoms with E-state index in [1.54, 1.807) is 28.4 Å². The lowest BCUT2D eigenvalue weighted by molar-refractivity contribution is -0.141. The molecule has 1 aromatic heterocycles. The van der Waals surface area contributed by atoms with Gasteiger partial charge in [0.1, 0.15) is 5.82 Å². The van der Waals surface area contributed by atoms with Crippen LogP contribution in [0.25, 0.3) is 0 Å². The van der Waals surface area contributed by atoms with E-state index in [2.05, 4.69) is 13.0 Å². The molecule has 3 rings (SSSR count). The van der Waals surface area contributed by atoms with E-state index in [1.165, 1.54) is 17.0 Å². The van der Waals surface area contributed by atoms with Gasteiger partial charge in [-0.15, -0.1) is 11.3 Å². The maximum absolute atomic E-state index is 13.5. The Hall–Kier alpha value is -2.21. The Kier molecular flexibility index (Phi) is 7.42. The van der Waals surface area contributed by atoms with Crippen LogP contribution in [0.15, 0.2) is 35.7 Å². The summed E-state index contributed by atoms with van der Waals surface area (Å²) < 4.78 is 13.5. The second-order valence-electron chi connectivity index (χ2n) is 7.51. The number of nitrogens with zero attached hydrogens (tertiary/aromatic N) is 2. The van der Waals surface area contributed by atoms with Gasteiger partial charge in [0.2, 0.25) is 11.8 Å². The first-order valence-corrected chi connectivity index (χ1v) is 11.3. The molecule has 0 N–H and O–H groups in total. The third-order valence-electron chi connectivity index (χ3n) is 5.39. The molecule has 1 aromatic carbocycles. The highest BCUT2D eigenvalue weighted by atomic mass is 32.1. The molecule has 1 aliphatic heterocycles. The molecule has 2 heterocycles. The number of benzene rings is 1. The topological polar surface area (TPSA) is 40.6 Å². The number of carbonyl (C=O) groups is 2. The third kappa shape index (κ3) is 5.04. The molecule has 0 unspecified atom stereocenters. The second-order valence-corrected chi connectivity index (χ2v) is 8.51. The standard InChI is InChI=1S/C23H29FN2O2S/c1-3-5-6-21(27)25(13-4-2)16-22(28)26-14-11-20-19(12-15-29-20)23(26)17-7-9-18(24)10-8-17/h7-10,12,15,23H,3-6,11,13-14,16H2,1-2H3/t23-/m1/s1. The van der Waals surface area contributed by atoms with Crippen LogP contribution >= 0.6 is 11.3 Å². The van der Waals surface area contributed by atoms with Crippen LogP contribution < -0.4 is 0 Å². The zero-order valence-electron chi connectivity index (χ0n) is 17.2. The largest absolute Gasteiger partial charge is 0.333 e. The first-order chi connectivity index (χ1) is 14.0. The summed E-state index contributed by atoms with van der Waals surface area (Å²) in [6.07, 6.45) is 3.92. The number of carbonyl (C=O) groups excluding carboxylic acids is 2. The van der Waals surface area contributed by atoms with Gasteiger partial charge in [0.25, 0.3) is 0 Å². The Balaban J connectivity index is 1.83. The number of hydrogen-bond donors (Lipinski definition) is 0. The third-order valence-corrected chi connectivity index (χ3v) is 6.39. The number of unbranched alkanes of at least 4 members (excludes halogenated alkanes) is 1. The van der Waals surface area contributed by atoms with Crippen molar-refractivity contribution in [3.05, 3.63) is 57.5 Å². The van der Waals surface area contributed by atoms with Gasteiger partial charge in [-0.2, -0.15) is 0 Å². The van der Waals surface area contributed by atoms with Crippen molar-refractivity contribution in [1.29, 1.82) is 0 Å². The van der Waals surface area contributed by atoms with Crippen molar-refractivity contribution in [2.24, 2.45) is 0 Å². The van der Waals surface area contributed by atoms with E-state index in [1.807, 2.05) is 17.2 Å². The summed E-state index contributed by atoms with van der Waals surface area (Å²) in [5.74, 6) is -0.285. The summed E-state index contributed by atoms with van der Waals surface area (Å²) in [6.45, 7) is 5.38. The minimum absolute atomic E-state index is 0.0468. The molecular weight excluding hydrogens is 387 g/mol. The van der Waals surface area contributed by atoms with Gasteiger partial charge in [-0.25, -0.2) is 4.39 Å². The molecular formula is C23H29FN2O2S. The molecule has 1 atom stereocenters. The van der Waals surface area contributed by atoms with Crippen molar-refractivity contribution in [3.8, 4) is 0 Å². The predicted octanol–water partition coefficient (Wildman–Crippen LogP) is 4.79. The van der Waals surface area contributed by atoms with E-state index in [-0.39, 0.29) is 30.2 Å². The fraction of sp³-hybridized carbons (Fsp3) is 0.478. The number of rotatable bonds is 8. The molecule has 0 radical (unpaired) electrons. The molecule has 0 saturated heterocycles. The first-order valence-electron chi connectivity index (χ1n) is 10.4. The molecule has 29 heavy (non-hydrogen) atoms. The van der Waals surface area contributed by atoms with Gasteiger partial charge in [0, 0.05) is 24.4 Å². The smallest absolute Gasteiger partial charge is 0.242 e. The van der Waals surface area contributed by atoms with Crippen molar-refractivity contribution in [3.63, 3.8) is 0 Å². The Labute approximate surface area is 176 Å². The predicted molar refractivity (Wildman–Crippen MR) is 114 cm³/mol. The number of hydrogen-bond acceptors (Lipinski definition) is 3. The van der Waals surface area contributed by atoms with E-state index in [0.29, 0.717) is 19.5 Å². The van der Waals surface area contributed by atoms with Crippen molar-refractivity contribution >= 4 is 23.2 Å². The minimum atomic E-state index is -0.288. The van der Waals surface area contributed by atoms with E-state index in [9.17, 15) is 14.0 Å². The molecule has 0 bridgehead atoms.